The number of rotatable bonds is 5. The van der Waals surface area contributed by atoms with Gasteiger partial charge in [0.25, 0.3) is 0 Å². The third kappa shape index (κ3) is 5.64. The predicted molar refractivity (Wildman–Crippen MR) is 232 cm³/mol. The maximum atomic E-state index is 5.22. The lowest BCUT2D eigenvalue weighted by Gasteiger charge is -2.15. The molecule has 9 aromatic carbocycles. The first-order valence-electron chi connectivity index (χ1n) is 18.9. The number of pyridine rings is 1. The largest absolute Gasteiger partial charge is 0.255 e. The van der Waals surface area contributed by atoms with E-state index in [1.807, 2.05) is 54.7 Å². The summed E-state index contributed by atoms with van der Waals surface area (Å²) in [7, 11) is 0. The first-order valence-corrected chi connectivity index (χ1v) is 18.9. The van der Waals surface area contributed by atoms with Gasteiger partial charge < -0.3 is 0 Å². The van der Waals surface area contributed by atoms with Gasteiger partial charge in [-0.15, -0.1) is 0 Å². The van der Waals surface area contributed by atoms with Crippen molar-refractivity contribution in [3.63, 3.8) is 0 Å². The molecule has 2 aromatic heterocycles. The molecule has 56 heavy (non-hydrogen) atoms. The minimum absolute atomic E-state index is 0.576. The summed E-state index contributed by atoms with van der Waals surface area (Å²) >= 11 is 0. The van der Waals surface area contributed by atoms with E-state index in [4.69, 9.17) is 19.9 Å². The highest BCUT2D eigenvalue weighted by atomic mass is 15.0. The molecule has 0 unspecified atom stereocenters. The predicted octanol–water partition coefficient (Wildman–Crippen LogP) is 13.4. The summed E-state index contributed by atoms with van der Waals surface area (Å²) in [5.74, 6) is 1.78. The molecule has 4 heteroatoms. The van der Waals surface area contributed by atoms with Crippen LogP contribution in [0.1, 0.15) is 0 Å². The van der Waals surface area contributed by atoms with Crippen LogP contribution in [0.2, 0.25) is 0 Å². The van der Waals surface area contributed by atoms with Crippen LogP contribution >= 0.6 is 0 Å². The van der Waals surface area contributed by atoms with Gasteiger partial charge in [0.2, 0.25) is 0 Å². The minimum Gasteiger partial charge on any atom is -0.255 e. The summed E-state index contributed by atoms with van der Waals surface area (Å²) in [5.41, 5.74) is 8.07. The number of hydrogen-bond donors (Lipinski definition) is 0. The van der Waals surface area contributed by atoms with Crippen LogP contribution in [0.5, 0.6) is 0 Å². The maximum Gasteiger partial charge on any atom is 0.165 e. The molecule has 0 radical (unpaired) electrons. The SMILES string of the molecule is c1ccc(-c2nc(-c3cc(-c4cccc5cc6ccccc6cc45)cc(-c4cccc5cc6ccccc6cc45)c3)nc(-c3cnc4ccccc4c3)n2)cc1. The Hall–Kier alpha value is -7.56. The lowest BCUT2D eigenvalue weighted by Crippen LogP contribution is -2.01. The average molecular weight is 713 g/mol. The van der Waals surface area contributed by atoms with Gasteiger partial charge in [-0.3, -0.25) is 4.98 Å². The molecule has 0 aliphatic heterocycles. The van der Waals surface area contributed by atoms with Crippen molar-refractivity contribution in [2.24, 2.45) is 0 Å². The second-order valence-corrected chi connectivity index (χ2v) is 14.3. The van der Waals surface area contributed by atoms with Crippen molar-refractivity contribution in [3.05, 3.63) is 194 Å². The Balaban J connectivity index is 1.19. The number of nitrogens with zero attached hydrogens (tertiary/aromatic N) is 4. The van der Waals surface area contributed by atoms with Crippen LogP contribution in [0.25, 0.3) is 110 Å². The molecule has 0 saturated heterocycles. The number of hydrogen-bond acceptors (Lipinski definition) is 4. The molecule has 4 nitrogen and oxygen atoms in total. The van der Waals surface area contributed by atoms with Crippen LogP contribution < -0.4 is 0 Å². The van der Waals surface area contributed by atoms with Crippen LogP contribution in [-0.2, 0) is 0 Å². The van der Waals surface area contributed by atoms with Crippen molar-refractivity contribution in [3.8, 4) is 56.4 Å². The van der Waals surface area contributed by atoms with Gasteiger partial charge in [0.05, 0.1) is 5.52 Å². The van der Waals surface area contributed by atoms with E-state index in [9.17, 15) is 0 Å². The van der Waals surface area contributed by atoms with Gasteiger partial charge in [-0.05, 0) is 120 Å². The number of fused-ring (bicyclic) bond motifs is 5. The summed E-state index contributed by atoms with van der Waals surface area (Å²) in [6.45, 7) is 0. The van der Waals surface area contributed by atoms with Crippen molar-refractivity contribution in [1.82, 2.24) is 19.9 Å². The molecule has 0 spiro atoms. The minimum atomic E-state index is 0.576. The Morgan fingerprint density at radius 3 is 1.30 bits per heavy atom. The van der Waals surface area contributed by atoms with Gasteiger partial charge in [0.15, 0.2) is 17.5 Å². The van der Waals surface area contributed by atoms with E-state index in [1.165, 1.54) is 43.1 Å². The second kappa shape index (κ2) is 13.1. The van der Waals surface area contributed by atoms with Gasteiger partial charge >= 0.3 is 0 Å². The lowest BCUT2D eigenvalue weighted by molar-refractivity contribution is 1.07. The molecule has 0 aliphatic carbocycles. The van der Waals surface area contributed by atoms with Gasteiger partial charge in [-0.25, -0.2) is 15.0 Å². The third-order valence-corrected chi connectivity index (χ3v) is 10.8. The van der Waals surface area contributed by atoms with Crippen LogP contribution in [0.4, 0.5) is 0 Å². The molecule has 0 saturated carbocycles. The Labute approximate surface area is 323 Å². The van der Waals surface area contributed by atoms with E-state index < -0.39 is 0 Å². The summed E-state index contributed by atoms with van der Waals surface area (Å²) in [6.07, 6.45) is 1.86. The van der Waals surface area contributed by atoms with Crippen LogP contribution in [0, 0.1) is 0 Å². The lowest BCUT2D eigenvalue weighted by atomic mass is 9.90. The fourth-order valence-electron chi connectivity index (χ4n) is 8.05. The topological polar surface area (TPSA) is 51.6 Å². The molecule has 11 rings (SSSR count). The average Bonchev–Trinajstić information content (AvgIpc) is 3.27. The molecule has 0 atom stereocenters. The molecule has 11 aromatic rings. The summed E-state index contributed by atoms with van der Waals surface area (Å²) in [4.78, 5) is 20.2. The quantitative estimate of drug-likeness (QED) is 0.167. The van der Waals surface area contributed by atoms with Gasteiger partial charge in [0, 0.05) is 28.3 Å². The fraction of sp³-hybridized carbons (Fsp3) is 0. The molecular weight excluding hydrogens is 681 g/mol. The molecule has 0 amide bonds. The Morgan fingerprint density at radius 1 is 0.268 bits per heavy atom. The summed E-state index contributed by atoms with van der Waals surface area (Å²) in [5, 5.41) is 10.7. The second-order valence-electron chi connectivity index (χ2n) is 14.3. The van der Waals surface area contributed by atoms with E-state index >= 15 is 0 Å². The highest BCUT2D eigenvalue weighted by Gasteiger charge is 2.17. The van der Waals surface area contributed by atoms with Gasteiger partial charge in [-0.1, -0.05) is 133 Å². The van der Waals surface area contributed by atoms with Crippen molar-refractivity contribution in [1.29, 1.82) is 0 Å². The van der Waals surface area contributed by atoms with Crippen LogP contribution in [0.15, 0.2) is 194 Å². The molecule has 2 heterocycles. The first kappa shape index (κ1) is 31.9. The molecule has 0 bridgehead atoms. The van der Waals surface area contributed by atoms with Gasteiger partial charge in [-0.2, -0.15) is 0 Å². The molecule has 0 N–H and O–H groups in total. The Kier molecular flexibility index (Phi) is 7.46. The standard InChI is InChI=1S/C52H32N4/c1-2-12-33(13-3-1)50-54-51(56-52(55-50)44-26-40-18-8-9-23-49(40)53-32-44)43-28-41(45-21-10-19-38-24-34-14-4-6-16-36(34)30-47(38)45)27-42(29-43)46-22-11-20-39-25-35-15-5-7-17-37(35)31-48(39)46/h1-32H. The number of para-hydroxylation sites is 1. The Morgan fingerprint density at radius 2 is 0.714 bits per heavy atom. The zero-order chi connectivity index (χ0) is 37.0. The zero-order valence-corrected chi connectivity index (χ0v) is 30.3. The van der Waals surface area contributed by atoms with Crippen molar-refractivity contribution in [2.45, 2.75) is 0 Å². The van der Waals surface area contributed by atoms with E-state index in [2.05, 4.69) is 140 Å². The zero-order valence-electron chi connectivity index (χ0n) is 30.3. The summed E-state index contributed by atoms with van der Waals surface area (Å²) in [6, 6.07) is 66.7. The van der Waals surface area contributed by atoms with Crippen molar-refractivity contribution >= 4 is 54.0 Å². The maximum absolute atomic E-state index is 5.22. The highest BCUT2D eigenvalue weighted by Crippen LogP contribution is 2.40. The highest BCUT2D eigenvalue weighted by molar-refractivity contribution is 6.08. The van der Waals surface area contributed by atoms with Crippen molar-refractivity contribution in [2.75, 3.05) is 0 Å². The van der Waals surface area contributed by atoms with E-state index in [1.54, 1.807) is 0 Å². The van der Waals surface area contributed by atoms with Crippen LogP contribution in [-0.4, -0.2) is 19.9 Å². The van der Waals surface area contributed by atoms with E-state index in [0.717, 1.165) is 49.8 Å². The molecule has 0 fully saturated rings. The molecule has 0 aliphatic rings. The molecular formula is C52H32N4. The Bertz CT molecular complexity index is 3180. The monoisotopic (exact) mass is 712 g/mol. The van der Waals surface area contributed by atoms with Crippen LogP contribution in [0.3, 0.4) is 0 Å². The van der Waals surface area contributed by atoms with Crippen molar-refractivity contribution < 1.29 is 0 Å². The first-order chi connectivity index (χ1) is 27.7. The number of aromatic nitrogens is 4. The molecule has 260 valence electrons. The van der Waals surface area contributed by atoms with E-state index in [0.29, 0.717) is 17.5 Å². The van der Waals surface area contributed by atoms with E-state index in [-0.39, 0.29) is 0 Å². The third-order valence-electron chi connectivity index (χ3n) is 10.8. The fourth-order valence-corrected chi connectivity index (χ4v) is 8.05. The van der Waals surface area contributed by atoms with Gasteiger partial charge in [0.1, 0.15) is 0 Å². The normalized spacial score (nSPS) is 11.6. The number of benzene rings is 9. The smallest absolute Gasteiger partial charge is 0.165 e. The summed E-state index contributed by atoms with van der Waals surface area (Å²) < 4.78 is 0.